The molecule has 0 fully saturated rings. The second-order valence-electron chi connectivity index (χ2n) is 14.6. The lowest BCUT2D eigenvalue weighted by molar-refractivity contribution is -0.142. The van der Waals surface area contributed by atoms with Crippen molar-refractivity contribution in [1.82, 2.24) is 31.9 Å². The van der Waals surface area contributed by atoms with E-state index in [4.69, 9.17) is 28.0 Å². The van der Waals surface area contributed by atoms with Gasteiger partial charge in [0, 0.05) is 19.3 Å². The first-order chi connectivity index (χ1) is 29.1. The minimum Gasteiger partial charge on any atom is -0.508 e. The van der Waals surface area contributed by atoms with E-state index >= 15 is 0 Å². The summed E-state index contributed by atoms with van der Waals surface area (Å²) in [6.45, 7) is 2.47. The zero-order chi connectivity index (χ0) is 47.1. The molecule has 0 radical (unpaired) electrons. The number of nitrogens with two attached hydrogens (primary N) is 4. The summed E-state index contributed by atoms with van der Waals surface area (Å²) < 4.78 is 0. The second-order valence-corrected chi connectivity index (χ2v) is 14.6. The van der Waals surface area contributed by atoms with Crippen LogP contribution in [-0.4, -0.2) is 135 Å². The van der Waals surface area contributed by atoms with E-state index in [9.17, 15) is 63.3 Å². The van der Waals surface area contributed by atoms with Gasteiger partial charge in [-0.25, -0.2) is 4.79 Å². The number of carbonyl (C=O) groups excluding carboxylic acids is 8. The highest BCUT2D eigenvalue weighted by Crippen LogP contribution is 2.14. The third-order valence-electron chi connectivity index (χ3n) is 9.54. The molecule has 8 amide bonds. The molecule has 62 heavy (non-hydrogen) atoms. The van der Waals surface area contributed by atoms with Crippen LogP contribution in [0.5, 0.6) is 5.75 Å². The number of aliphatic carboxylic acids is 2. The number of unbranched alkanes of at least 4 members (excludes halogenated alkanes) is 1. The van der Waals surface area contributed by atoms with Crippen LogP contribution in [0.25, 0.3) is 0 Å². The number of carboxylic acids is 2. The molecule has 8 unspecified atom stereocenters. The Kier molecular flexibility index (Phi) is 23.7. The zero-order valence-electron chi connectivity index (χ0n) is 34.6. The molecule has 0 saturated carbocycles. The van der Waals surface area contributed by atoms with Crippen LogP contribution in [0.15, 0.2) is 24.3 Å². The molecule has 24 heteroatoms. The Bertz CT molecular complexity index is 1730. The molecule has 346 valence electrons. The van der Waals surface area contributed by atoms with Gasteiger partial charge >= 0.3 is 11.9 Å². The van der Waals surface area contributed by atoms with E-state index in [1.165, 1.54) is 24.3 Å². The minimum atomic E-state index is -1.74. The Morgan fingerprint density at radius 1 is 0.629 bits per heavy atom. The van der Waals surface area contributed by atoms with Crippen molar-refractivity contribution in [3.63, 3.8) is 0 Å². The van der Waals surface area contributed by atoms with Crippen LogP contribution >= 0.6 is 0 Å². The summed E-state index contributed by atoms with van der Waals surface area (Å²) in [5, 5.41) is 52.6. The molecular weight excluding hydrogens is 820 g/mol. The van der Waals surface area contributed by atoms with Crippen molar-refractivity contribution in [2.24, 2.45) is 28.9 Å². The Morgan fingerprint density at radius 3 is 1.69 bits per heavy atom. The molecular formula is C38H60N10O14. The quantitative estimate of drug-likeness (QED) is 0.0324. The SMILES string of the molecule is CCC(C)C(NC(=O)C(CCCCN)NC(=O)C(CC(N)=O)NC(=O)C(N)CCC(=O)O)C(=O)NC(CO)C(=O)NC(Cc1ccc(O)cc1)C(=O)NC(CCC(N)=O)C(=O)O. The number of carboxylic acid groups (broad SMARTS) is 2. The molecule has 0 heterocycles. The standard InChI is InChI=1S/C38H60N10O14/c1-3-19(2)31(48-33(56)23(6-4-5-15-39)43-35(58)26(17-29(42)52)45-32(55)22(40)11-14-30(53)54)37(60)47-27(18-49)36(59)46-25(16-20-7-9-21(50)10-8-20)34(57)44-24(38(61)62)12-13-28(41)51/h7-10,19,22-27,31,49-50H,3-6,11-18,39-40H2,1-2H3,(H2,41,51)(H2,42,52)(H,43,58)(H,44,57)(H,45,55)(H,46,59)(H,47,60)(H,48,56)(H,53,54)(H,61,62). The zero-order valence-corrected chi connectivity index (χ0v) is 34.6. The highest BCUT2D eigenvalue weighted by molar-refractivity contribution is 5.98. The van der Waals surface area contributed by atoms with Gasteiger partial charge in [0.25, 0.3) is 0 Å². The first kappa shape index (κ1) is 53.6. The Hall–Kier alpha value is -6.40. The summed E-state index contributed by atoms with van der Waals surface area (Å²) in [6.07, 6.45) is -1.60. The topological polar surface area (TPSA) is 428 Å². The average Bonchev–Trinajstić information content (AvgIpc) is 3.21. The number of rotatable bonds is 30. The predicted molar refractivity (Wildman–Crippen MR) is 218 cm³/mol. The molecule has 0 bridgehead atoms. The normalized spacial score (nSPS) is 14.8. The van der Waals surface area contributed by atoms with Crippen LogP contribution in [-0.2, 0) is 54.4 Å². The monoisotopic (exact) mass is 880 g/mol. The number of carbonyl (C=O) groups is 10. The molecule has 0 aliphatic rings. The molecule has 0 spiro atoms. The highest BCUT2D eigenvalue weighted by Gasteiger charge is 2.35. The van der Waals surface area contributed by atoms with Gasteiger partial charge in [0.2, 0.25) is 47.3 Å². The summed E-state index contributed by atoms with van der Waals surface area (Å²) in [5.74, 6) is -11.3. The number of aliphatic hydroxyl groups is 1. The van der Waals surface area contributed by atoms with Crippen molar-refractivity contribution in [2.75, 3.05) is 13.2 Å². The lowest BCUT2D eigenvalue weighted by atomic mass is 9.97. The predicted octanol–water partition coefficient (Wildman–Crippen LogP) is -4.57. The number of hydrogen-bond donors (Lipinski definition) is 14. The van der Waals surface area contributed by atoms with Crippen molar-refractivity contribution < 1.29 is 68.4 Å². The fourth-order valence-electron chi connectivity index (χ4n) is 5.71. The molecule has 0 aromatic heterocycles. The van der Waals surface area contributed by atoms with Crippen LogP contribution < -0.4 is 54.8 Å². The van der Waals surface area contributed by atoms with Gasteiger partial charge in [-0.05, 0) is 62.3 Å². The van der Waals surface area contributed by atoms with Crippen LogP contribution in [0.1, 0.15) is 77.2 Å². The van der Waals surface area contributed by atoms with Crippen molar-refractivity contribution >= 4 is 59.2 Å². The first-order valence-electron chi connectivity index (χ1n) is 19.8. The lowest BCUT2D eigenvalue weighted by Crippen LogP contribution is -2.61. The number of benzene rings is 1. The third-order valence-corrected chi connectivity index (χ3v) is 9.54. The van der Waals surface area contributed by atoms with E-state index in [1.54, 1.807) is 13.8 Å². The van der Waals surface area contributed by atoms with Crippen LogP contribution in [0.2, 0.25) is 0 Å². The number of amides is 8. The number of aliphatic hydroxyl groups excluding tert-OH is 1. The summed E-state index contributed by atoms with van der Waals surface area (Å²) in [4.78, 5) is 127. The second kappa shape index (κ2) is 27.4. The van der Waals surface area contributed by atoms with E-state index < -0.39 is 127 Å². The highest BCUT2D eigenvalue weighted by atomic mass is 16.4. The smallest absolute Gasteiger partial charge is 0.326 e. The van der Waals surface area contributed by atoms with E-state index in [0.717, 1.165) is 0 Å². The molecule has 18 N–H and O–H groups in total. The number of hydrogen-bond acceptors (Lipinski definition) is 14. The summed E-state index contributed by atoms with van der Waals surface area (Å²) in [5.41, 5.74) is 22.2. The first-order valence-corrected chi connectivity index (χ1v) is 19.8. The van der Waals surface area contributed by atoms with Gasteiger partial charge in [0.05, 0.1) is 19.1 Å². The van der Waals surface area contributed by atoms with Crippen LogP contribution in [0.3, 0.4) is 0 Å². The Morgan fingerprint density at radius 2 is 1.16 bits per heavy atom. The molecule has 0 aliphatic carbocycles. The molecule has 1 aromatic rings. The fraction of sp³-hybridized carbons (Fsp3) is 0.579. The Balaban J connectivity index is 3.34. The van der Waals surface area contributed by atoms with Gasteiger partial charge < -0.3 is 75.3 Å². The van der Waals surface area contributed by atoms with E-state index in [2.05, 4.69) is 31.9 Å². The molecule has 0 saturated heterocycles. The maximum Gasteiger partial charge on any atom is 0.326 e. The molecule has 0 aliphatic heterocycles. The van der Waals surface area contributed by atoms with Crippen molar-refractivity contribution in [3.8, 4) is 5.75 Å². The molecule has 24 nitrogen and oxygen atoms in total. The van der Waals surface area contributed by atoms with Gasteiger partial charge in [-0.1, -0.05) is 32.4 Å². The van der Waals surface area contributed by atoms with Crippen LogP contribution in [0.4, 0.5) is 0 Å². The van der Waals surface area contributed by atoms with Crippen molar-refractivity contribution in [2.45, 2.75) is 120 Å². The van der Waals surface area contributed by atoms with Gasteiger partial charge in [-0.15, -0.1) is 0 Å². The number of aromatic hydroxyl groups is 1. The van der Waals surface area contributed by atoms with E-state index in [0.29, 0.717) is 12.0 Å². The molecule has 8 atom stereocenters. The number of primary amides is 2. The summed E-state index contributed by atoms with van der Waals surface area (Å²) in [6, 6.07) is -5.22. The van der Waals surface area contributed by atoms with Crippen LogP contribution in [0, 0.1) is 5.92 Å². The largest absolute Gasteiger partial charge is 0.508 e. The Labute approximate surface area is 357 Å². The van der Waals surface area contributed by atoms with Gasteiger partial charge in [-0.2, -0.15) is 0 Å². The van der Waals surface area contributed by atoms with Crippen molar-refractivity contribution in [1.29, 1.82) is 0 Å². The van der Waals surface area contributed by atoms with Gasteiger partial charge in [-0.3, -0.25) is 43.2 Å². The van der Waals surface area contributed by atoms with Crippen molar-refractivity contribution in [3.05, 3.63) is 29.8 Å². The van der Waals surface area contributed by atoms with Gasteiger partial charge in [0.15, 0.2) is 0 Å². The van der Waals surface area contributed by atoms with Gasteiger partial charge in [0.1, 0.15) is 42.0 Å². The lowest BCUT2D eigenvalue weighted by Gasteiger charge is -2.29. The van der Waals surface area contributed by atoms with E-state index in [1.807, 2.05) is 0 Å². The van der Waals surface area contributed by atoms with E-state index in [-0.39, 0.29) is 57.2 Å². The minimum absolute atomic E-state index is 0.0452. The molecule has 1 aromatic carbocycles. The number of phenols is 1. The maximum atomic E-state index is 13.8. The average molecular weight is 881 g/mol. The third kappa shape index (κ3) is 19.8. The number of nitrogens with one attached hydrogen (secondary N) is 6. The molecule has 1 rings (SSSR count). The maximum absolute atomic E-state index is 13.8. The number of phenolic OH excluding ortho intramolecular Hbond substituents is 1. The fourth-order valence-corrected chi connectivity index (χ4v) is 5.71. The summed E-state index contributed by atoms with van der Waals surface area (Å²) >= 11 is 0. The summed E-state index contributed by atoms with van der Waals surface area (Å²) in [7, 11) is 0.